The maximum atomic E-state index is 9.53. The molecule has 15 heavy (non-hydrogen) atoms. The zero-order chi connectivity index (χ0) is 12.1. The van der Waals surface area contributed by atoms with E-state index in [4.69, 9.17) is 0 Å². The second kappa shape index (κ2) is 19.5. The number of hydrogen-bond donors (Lipinski definition) is 0. The van der Waals surface area contributed by atoms with Crippen LogP contribution in [0.15, 0.2) is 0 Å². The van der Waals surface area contributed by atoms with Gasteiger partial charge in [0.25, 0.3) is 0 Å². The Morgan fingerprint density at radius 3 is 1.27 bits per heavy atom. The van der Waals surface area contributed by atoms with Crippen molar-refractivity contribution in [2.75, 3.05) is 0 Å². The molecule has 0 aliphatic rings. The molecule has 0 atom stereocenters. The Labute approximate surface area is 103 Å². The van der Waals surface area contributed by atoms with E-state index in [1.54, 1.807) is 34.6 Å². The van der Waals surface area contributed by atoms with Crippen LogP contribution >= 0.6 is 0 Å². The van der Waals surface area contributed by atoms with Crippen LogP contribution in [0.3, 0.4) is 0 Å². The van der Waals surface area contributed by atoms with E-state index in [2.05, 4.69) is 0 Å². The van der Waals surface area contributed by atoms with Crippen LogP contribution in [0.25, 0.3) is 0 Å². The van der Waals surface area contributed by atoms with Gasteiger partial charge >= 0.3 is 17.4 Å². The normalized spacial score (nSPS) is 8.07. The van der Waals surface area contributed by atoms with Crippen molar-refractivity contribution >= 4 is 23.3 Å². The Balaban J connectivity index is -0.0000000606. The van der Waals surface area contributed by atoms with Crippen molar-refractivity contribution in [2.45, 2.75) is 59.7 Å². The van der Waals surface area contributed by atoms with Crippen molar-refractivity contribution in [1.82, 2.24) is 0 Å². The van der Waals surface area contributed by atoms with Crippen LogP contribution in [0.2, 0.25) is 0 Å². The molecule has 0 aliphatic carbocycles. The van der Waals surface area contributed by atoms with Gasteiger partial charge in [-0.1, -0.05) is 41.0 Å². The maximum Gasteiger partial charge on any atom is 3.00 e. The number of hydrogen-bond acceptors (Lipinski definition) is 4. The molecule has 5 heteroatoms. The molecule has 0 aliphatic heterocycles. The second-order valence-electron chi connectivity index (χ2n) is 3.22. The molecule has 0 heterocycles. The Morgan fingerprint density at radius 2 is 1.27 bits per heavy atom. The average molecular weight is 232 g/mol. The van der Waals surface area contributed by atoms with Crippen LogP contribution in [0.1, 0.15) is 47.5 Å². The number of carbonyl (C=O) groups excluding carboxylic acids is 1. The van der Waals surface area contributed by atoms with E-state index in [0.29, 0.717) is 6.42 Å². The fourth-order valence-electron chi connectivity index (χ4n) is 0.204. The third-order valence-corrected chi connectivity index (χ3v) is 0.454. The summed E-state index contributed by atoms with van der Waals surface area (Å²) in [6.07, 6.45) is 0.0162. The molecule has 88 valence electrons. The molecule has 0 radical (unpaired) electrons. The van der Waals surface area contributed by atoms with Gasteiger partial charge in [-0.05, 0) is 6.42 Å². The van der Waals surface area contributed by atoms with Gasteiger partial charge in [0.2, 0.25) is 0 Å². The van der Waals surface area contributed by atoms with Gasteiger partial charge in [0.15, 0.2) is 0 Å². The van der Waals surface area contributed by atoms with Gasteiger partial charge in [0.1, 0.15) is 0 Å². The predicted octanol–water partition coefficient (Wildman–Crippen LogP) is -1.33. The molecule has 4 nitrogen and oxygen atoms in total. The zero-order valence-corrected chi connectivity index (χ0v) is 11.4. The minimum absolute atomic E-state index is 0. The van der Waals surface area contributed by atoms with Crippen LogP contribution in [-0.2, 0) is 4.79 Å². The summed E-state index contributed by atoms with van der Waals surface area (Å²) in [5, 5.41) is 28.5. The molecule has 0 aromatic heterocycles. The van der Waals surface area contributed by atoms with Crippen molar-refractivity contribution < 1.29 is 20.1 Å². The summed E-state index contributed by atoms with van der Waals surface area (Å²) < 4.78 is 0. The molecule has 0 saturated carbocycles. The van der Waals surface area contributed by atoms with E-state index in [9.17, 15) is 20.1 Å². The zero-order valence-electron chi connectivity index (χ0n) is 10.3. The number of carbonyl (C=O) groups is 1. The van der Waals surface area contributed by atoms with E-state index in [1.165, 1.54) is 0 Å². The summed E-state index contributed by atoms with van der Waals surface area (Å²) in [7, 11) is 0. The fourth-order valence-corrected chi connectivity index (χ4v) is 0.204. The van der Waals surface area contributed by atoms with Crippen LogP contribution in [-0.4, -0.2) is 35.5 Å². The van der Waals surface area contributed by atoms with E-state index in [1.807, 2.05) is 0 Å². The molecule has 0 saturated heterocycles. The van der Waals surface area contributed by atoms with Gasteiger partial charge in [-0.15, -0.1) is 12.2 Å². The quantitative estimate of drug-likeness (QED) is 0.552. The molecule has 0 spiro atoms. The molecule has 0 unspecified atom stereocenters. The standard InChI is InChI=1S/C4H8O2.2C3H7O.Al/c1-2-3-4(5)6;2*1-3(2)4;/h2-3H2,1H3,(H,5,6);2*3H,1-2H3;/q;2*-1;+3/p-1. The van der Waals surface area contributed by atoms with E-state index in [0.717, 1.165) is 0 Å². The van der Waals surface area contributed by atoms with Crippen molar-refractivity contribution in [1.29, 1.82) is 0 Å². The first-order valence-corrected chi connectivity index (χ1v) is 4.75. The molecular weight excluding hydrogens is 211 g/mol. The summed E-state index contributed by atoms with van der Waals surface area (Å²) in [4.78, 5) is 9.49. The molecule has 0 aromatic carbocycles. The number of rotatable bonds is 2. The van der Waals surface area contributed by atoms with Crippen molar-refractivity contribution in [3.63, 3.8) is 0 Å². The SMILES string of the molecule is CC(C)[O-].CC(C)[O-].CCCC(=O)[O-].[Al+3]. The molecule has 0 rings (SSSR count). The average Bonchev–Trinajstić information content (AvgIpc) is 1.82. The maximum absolute atomic E-state index is 9.53. The van der Waals surface area contributed by atoms with Crippen LogP contribution < -0.4 is 15.3 Å². The topological polar surface area (TPSA) is 86.2 Å². The van der Waals surface area contributed by atoms with Gasteiger partial charge in [0.05, 0.1) is 0 Å². The first-order valence-electron chi connectivity index (χ1n) is 4.75. The summed E-state index contributed by atoms with van der Waals surface area (Å²) in [6.45, 7) is 8.25. The fraction of sp³-hybridized carbons (Fsp3) is 0.900. The minimum Gasteiger partial charge on any atom is -0.852 e. The van der Waals surface area contributed by atoms with Gasteiger partial charge in [-0.25, -0.2) is 0 Å². The summed E-state index contributed by atoms with van der Waals surface area (Å²) in [5.74, 6) is -0.961. The first-order chi connectivity index (χ1) is 6.23. The largest absolute Gasteiger partial charge is 3.00 e. The summed E-state index contributed by atoms with van der Waals surface area (Å²) >= 11 is 0. The van der Waals surface area contributed by atoms with Crippen LogP contribution in [0, 0.1) is 0 Å². The molecule has 0 amide bonds. The van der Waals surface area contributed by atoms with E-state index >= 15 is 0 Å². The summed E-state index contributed by atoms with van der Waals surface area (Å²) in [6, 6.07) is 0. The van der Waals surface area contributed by atoms with Gasteiger partial charge in [-0.2, -0.15) is 0 Å². The van der Waals surface area contributed by atoms with Gasteiger partial charge in [0, 0.05) is 5.97 Å². The Bertz CT molecular complexity index is 104. The molecule has 0 bridgehead atoms. The third kappa shape index (κ3) is 232. The summed E-state index contributed by atoms with van der Waals surface area (Å²) in [5.41, 5.74) is 0. The van der Waals surface area contributed by atoms with Crippen molar-refractivity contribution in [2.24, 2.45) is 0 Å². The number of aliphatic carboxylic acids is 1. The molecular formula is C10H21AlO4. The van der Waals surface area contributed by atoms with Crippen LogP contribution in [0.4, 0.5) is 0 Å². The molecule has 0 fully saturated rings. The van der Waals surface area contributed by atoms with E-state index in [-0.39, 0.29) is 23.8 Å². The predicted molar refractivity (Wildman–Crippen MR) is 55.9 cm³/mol. The Kier molecular flexibility index (Phi) is 31.5. The third-order valence-electron chi connectivity index (χ3n) is 0.454. The van der Waals surface area contributed by atoms with E-state index < -0.39 is 18.2 Å². The first kappa shape index (κ1) is 24.2. The van der Waals surface area contributed by atoms with Crippen LogP contribution in [0.5, 0.6) is 0 Å². The molecule has 0 N–H and O–H groups in total. The van der Waals surface area contributed by atoms with Crippen molar-refractivity contribution in [3.05, 3.63) is 0 Å². The Hall–Kier alpha value is -0.0775. The Morgan fingerprint density at radius 1 is 1.07 bits per heavy atom. The minimum atomic E-state index is -0.961. The monoisotopic (exact) mass is 232 g/mol. The van der Waals surface area contributed by atoms with Gasteiger partial charge in [-0.3, -0.25) is 0 Å². The molecule has 0 aromatic rings. The van der Waals surface area contributed by atoms with Gasteiger partial charge < -0.3 is 20.1 Å². The smallest absolute Gasteiger partial charge is 0.852 e. The number of carboxylic acid groups (broad SMARTS) is 1. The number of carboxylic acids is 1. The second-order valence-corrected chi connectivity index (χ2v) is 3.22. The van der Waals surface area contributed by atoms with Crippen molar-refractivity contribution in [3.8, 4) is 0 Å².